The van der Waals surface area contributed by atoms with E-state index in [1.165, 1.54) is 6.20 Å². The summed E-state index contributed by atoms with van der Waals surface area (Å²) in [6.45, 7) is 2.10. The molecule has 1 unspecified atom stereocenters. The molecular formula is C13H14BrFN4O. The van der Waals surface area contributed by atoms with Crippen molar-refractivity contribution in [1.29, 1.82) is 0 Å². The minimum atomic E-state index is -0.578. The molecule has 0 amide bonds. The van der Waals surface area contributed by atoms with Gasteiger partial charge in [0.25, 0.3) is 5.88 Å². The van der Waals surface area contributed by atoms with Crippen LogP contribution in [0.3, 0.4) is 0 Å². The predicted molar refractivity (Wildman–Crippen MR) is 76.5 cm³/mol. The van der Waals surface area contributed by atoms with Gasteiger partial charge in [0.05, 0.1) is 18.3 Å². The molecule has 0 saturated carbocycles. The molecule has 0 spiro atoms. The van der Waals surface area contributed by atoms with Gasteiger partial charge < -0.3 is 4.74 Å². The van der Waals surface area contributed by atoms with Gasteiger partial charge in [-0.1, -0.05) is 0 Å². The van der Waals surface area contributed by atoms with Crippen LogP contribution in [0.5, 0.6) is 5.88 Å². The highest BCUT2D eigenvalue weighted by molar-refractivity contribution is 9.10. The number of rotatable bonds is 5. The molecule has 2 rings (SSSR count). The third kappa shape index (κ3) is 3.12. The molecule has 1 atom stereocenters. The van der Waals surface area contributed by atoms with Crippen molar-refractivity contribution >= 4 is 15.9 Å². The third-order valence-electron chi connectivity index (χ3n) is 2.69. The number of halogens is 2. The van der Waals surface area contributed by atoms with Crippen molar-refractivity contribution < 1.29 is 9.13 Å². The molecule has 2 aromatic heterocycles. The van der Waals surface area contributed by atoms with E-state index in [0.29, 0.717) is 17.9 Å². The number of hydrogen-bond acceptors (Lipinski definition) is 5. The van der Waals surface area contributed by atoms with E-state index in [2.05, 4.69) is 31.3 Å². The summed E-state index contributed by atoms with van der Waals surface area (Å²) < 4.78 is 20.3. The van der Waals surface area contributed by atoms with E-state index in [1.54, 1.807) is 25.3 Å². The van der Waals surface area contributed by atoms with Crippen molar-refractivity contribution in [3.63, 3.8) is 0 Å². The maximum absolute atomic E-state index is 14.3. The number of aromatic nitrogens is 2. The average molecular weight is 341 g/mol. The highest BCUT2D eigenvalue weighted by atomic mass is 79.9. The Morgan fingerprint density at radius 2 is 2.20 bits per heavy atom. The van der Waals surface area contributed by atoms with Gasteiger partial charge in [-0.05, 0) is 41.1 Å². The molecule has 0 radical (unpaired) electrons. The maximum Gasteiger partial charge on any atom is 0.250 e. The summed E-state index contributed by atoms with van der Waals surface area (Å²) in [6.07, 6.45) is 3.11. The normalized spacial score (nSPS) is 12.2. The molecule has 7 heteroatoms. The van der Waals surface area contributed by atoms with E-state index in [0.717, 1.165) is 4.47 Å². The third-order valence-corrected chi connectivity index (χ3v) is 3.16. The Kier molecular flexibility index (Phi) is 4.99. The van der Waals surface area contributed by atoms with E-state index < -0.39 is 11.9 Å². The molecule has 106 valence electrons. The van der Waals surface area contributed by atoms with Crippen molar-refractivity contribution in [2.45, 2.75) is 13.0 Å². The molecule has 0 aliphatic heterocycles. The van der Waals surface area contributed by atoms with E-state index in [4.69, 9.17) is 10.6 Å². The molecule has 0 aliphatic carbocycles. The van der Waals surface area contributed by atoms with Gasteiger partial charge in [0, 0.05) is 22.4 Å². The van der Waals surface area contributed by atoms with Crippen molar-refractivity contribution in [3.8, 4) is 5.88 Å². The highest BCUT2D eigenvalue weighted by Gasteiger charge is 2.21. The largest absolute Gasteiger partial charge is 0.476 e. The molecule has 3 N–H and O–H groups in total. The number of hydrogen-bond donors (Lipinski definition) is 2. The first-order chi connectivity index (χ1) is 9.67. The van der Waals surface area contributed by atoms with Gasteiger partial charge in [-0.2, -0.15) is 0 Å². The fourth-order valence-electron chi connectivity index (χ4n) is 1.79. The summed E-state index contributed by atoms with van der Waals surface area (Å²) in [5.74, 6) is 4.96. The summed E-state index contributed by atoms with van der Waals surface area (Å²) in [5.41, 5.74) is 3.50. The first-order valence-corrected chi connectivity index (χ1v) is 6.81. The van der Waals surface area contributed by atoms with Crippen LogP contribution in [0.25, 0.3) is 0 Å². The quantitative estimate of drug-likeness (QED) is 0.645. The summed E-state index contributed by atoms with van der Waals surface area (Å²) in [5, 5.41) is 0. The molecule has 0 aromatic carbocycles. The minimum absolute atomic E-state index is 0.0395. The van der Waals surface area contributed by atoms with E-state index in [9.17, 15) is 4.39 Å². The molecule has 0 aliphatic rings. The second-order valence-electron chi connectivity index (χ2n) is 3.95. The summed E-state index contributed by atoms with van der Waals surface area (Å²) >= 11 is 3.30. The number of hydrazine groups is 1. The number of nitrogens with one attached hydrogen (secondary N) is 1. The van der Waals surface area contributed by atoms with Crippen molar-refractivity contribution in [2.24, 2.45) is 5.84 Å². The van der Waals surface area contributed by atoms with Gasteiger partial charge in [0.2, 0.25) is 0 Å². The SMILES string of the molecule is CCOc1nccc(C(NN)c2ccc(Br)cn2)c1F. The molecule has 0 saturated heterocycles. The monoisotopic (exact) mass is 340 g/mol. The van der Waals surface area contributed by atoms with Crippen LogP contribution < -0.4 is 16.0 Å². The average Bonchev–Trinajstić information content (AvgIpc) is 2.46. The molecule has 2 aromatic rings. The van der Waals surface area contributed by atoms with Gasteiger partial charge in [0.15, 0.2) is 5.82 Å². The van der Waals surface area contributed by atoms with Crippen LogP contribution in [-0.4, -0.2) is 16.6 Å². The van der Waals surface area contributed by atoms with Crippen molar-refractivity contribution in [3.05, 3.63) is 52.1 Å². The first kappa shape index (κ1) is 14.8. The summed E-state index contributed by atoms with van der Waals surface area (Å²) in [4.78, 5) is 8.08. The number of nitrogens with zero attached hydrogens (tertiary/aromatic N) is 2. The fourth-order valence-corrected chi connectivity index (χ4v) is 2.03. The summed E-state index contributed by atoms with van der Waals surface area (Å²) in [6, 6.07) is 4.54. The van der Waals surface area contributed by atoms with Crippen LogP contribution in [-0.2, 0) is 0 Å². The Morgan fingerprint density at radius 3 is 2.80 bits per heavy atom. The van der Waals surface area contributed by atoms with Gasteiger partial charge in [-0.25, -0.2) is 14.8 Å². The lowest BCUT2D eigenvalue weighted by molar-refractivity contribution is 0.305. The molecule has 2 heterocycles. The first-order valence-electron chi connectivity index (χ1n) is 6.02. The zero-order valence-electron chi connectivity index (χ0n) is 10.8. The van der Waals surface area contributed by atoms with Crippen LogP contribution in [0.15, 0.2) is 35.1 Å². The van der Waals surface area contributed by atoms with Crippen LogP contribution >= 0.6 is 15.9 Å². The smallest absolute Gasteiger partial charge is 0.250 e. The van der Waals surface area contributed by atoms with Gasteiger partial charge in [-0.15, -0.1) is 0 Å². The van der Waals surface area contributed by atoms with Gasteiger partial charge >= 0.3 is 0 Å². The van der Waals surface area contributed by atoms with Crippen LogP contribution in [0, 0.1) is 5.82 Å². The maximum atomic E-state index is 14.3. The van der Waals surface area contributed by atoms with Gasteiger partial charge in [0.1, 0.15) is 0 Å². The van der Waals surface area contributed by atoms with Crippen molar-refractivity contribution in [1.82, 2.24) is 15.4 Å². The number of pyridine rings is 2. The van der Waals surface area contributed by atoms with Crippen LogP contribution in [0.4, 0.5) is 4.39 Å². The van der Waals surface area contributed by atoms with E-state index in [-0.39, 0.29) is 5.88 Å². The Labute approximate surface area is 124 Å². The van der Waals surface area contributed by atoms with E-state index >= 15 is 0 Å². The zero-order valence-corrected chi connectivity index (χ0v) is 12.4. The Bertz CT molecular complexity index is 579. The molecule has 0 fully saturated rings. The molecule has 20 heavy (non-hydrogen) atoms. The van der Waals surface area contributed by atoms with Gasteiger partial charge in [-0.3, -0.25) is 10.8 Å². The lowest BCUT2D eigenvalue weighted by Gasteiger charge is -2.17. The lowest BCUT2D eigenvalue weighted by atomic mass is 10.0. The van der Waals surface area contributed by atoms with E-state index in [1.807, 2.05) is 6.07 Å². The second-order valence-corrected chi connectivity index (χ2v) is 4.87. The number of ether oxygens (including phenoxy) is 1. The van der Waals surface area contributed by atoms with Crippen molar-refractivity contribution in [2.75, 3.05) is 6.61 Å². The number of nitrogens with two attached hydrogens (primary N) is 1. The topological polar surface area (TPSA) is 73.1 Å². The fraction of sp³-hybridized carbons (Fsp3) is 0.231. The zero-order chi connectivity index (χ0) is 14.5. The predicted octanol–water partition coefficient (Wildman–Crippen LogP) is 2.33. The molecular weight excluding hydrogens is 327 g/mol. The Hall–Kier alpha value is -1.57. The standard InChI is InChI=1S/C13H14BrFN4O/c1-2-20-13-11(15)9(5-6-17-13)12(19-16)10-4-3-8(14)7-18-10/h3-7,12,19H,2,16H2,1H3. The second kappa shape index (κ2) is 6.74. The highest BCUT2D eigenvalue weighted by Crippen LogP contribution is 2.27. The van der Waals surface area contributed by atoms with Crippen LogP contribution in [0.1, 0.15) is 24.2 Å². The Balaban J connectivity index is 2.41. The lowest BCUT2D eigenvalue weighted by Crippen LogP contribution is -2.30. The molecule has 0 bridgehead atoms. The Morgan fingerprint density at radius 1 is 1.40 bits per heavy atom. The minimum Gasteiger partial charge on any atom is -0.476 e. The molecule has 5 nitrogen and oxygen atoms in total. The summed E-state index contributed by atoms with van der Waals surface area (Å²) in [7, 11) is 0. The van der Waals surface area contributed by atoms with Crippen LogP contribution in [0.2, 0.25) is 0 Å².